The van der Waals surface area contributed by atoms with Crippen LogP contribution >= 0.6 is 0 Å². The summed E-state index contributed by atoms with van der Waals surface area (Å²) in [6.07, 6.45) is 4.36. The lowest BCUT2D eigenvalue weighted by Crippen LogP contribution is -2.31. The summed E-state index contributed by atoms with van der Waals surface area (Å²) in [5.41, 5.74) is 0.603. The normalized spacial score (nSPS) is 18.1. The van der Waals surface area contributed by atoms with E-state index in [2.05, 4.69) is 10.3 Å². The van der Waals surface area contributed by atoms with Crippen LogP contribution in [0.3, 0.4) is 0 Å². The molecule has 1 aliphatic carbocycles. The number of nitrogens with zero attached hydrogens (tertiary/aromatic N) is 2. The number of carbonyl (C=O) groups excluding carboxylic acids is 2. The number of pyridine rings is 1. The van der Waals surface area contributed by atoms with Gasteiger partial charge in [-0.2, -0.15) is 0 Å². The van der Waals surface area contributed by atoms with Crippen molar-refractivity contribution in [1.29, 1.82) is 0 Å². The Bertz CT molecular complexity index is 861. The monoisotopic (exact) mass is 377 g/mol. The molecule has 0 aliphatic heterocycles. The van der Waals surface area contributed by atoms with E-state index in [1.165, 1.54) is 0 Å². The van der Waals surface area contributed by atoms with E-state index in [0.29, 0.717) is 19.4 Å². The van der Waals surface area contributed by atoms with E-state index < -0.39 is 40.9 Å². The molecule has 1 N–H and O–H groups in total. The first kappa shape index (κ1) is 18.9. The standard InChI is InChI=1S/C19H18F3N3O2/c1-25(9-6-11-4-7-23-8-5-11)19(27)13-10-12(13)18(26)24-15-3-2-14(20)16(21)17(15)22/h2-5,7-8,12-13H,6,9-10H2,1H3,(H,24,26). The molecule has 142 valence electrons. The summed E-state index contributed by atoms with van der Waals surface area (Å²) in [5, 5.41) is 2.22. The van der Waals surface area contributed by atoms with Crippen molar-refractivity contribution in [2.75, 3.05) is 18.9 Å². The molecule has 1 aromatic carbocycles. The van der Waals surface area contributed by atoms with Crippen molar-refractivity contribution in [2.45, 2.75) is 12.8 Å². The Labute approximate surface area is 154 Å². The zero-order valence-electron chi connectivity index (χ0n) is 14.6. The molecule has 2 amide bonds. The number of aromatic nitrogens is 1. The molecule has 0 saturated heterocycles. The summed E-state index contributed by atoms with van der Waals surface area (Å²) in [6.45, 7) is 0.492. The highest BCUT2D eigenvalue weighted by Gasteiger charge is 2.49. The molecule has 1 aromatic heterocycles. The second-order valence-electron chi connectivity index (χ2n) is 6.53. The van der Waals surface area contributed by atoms with E-state index in [9.17, 15) is 22.8 Å². The number of rotatable bonds is 6. The minimum absolute atomic E-state index is 0.171. The van der Waals surface area contributed by atoms with E-state index in [-0.39, 0.29) is 5.91 Å². The average molecular weight is 377 g/mol. The Morgan fingerprint density at radius 2 is 1.81 bits per heavy atom. The van der Waals surface area contributed by atoms with Crippen LogP contribution in [0, 0.1) is 29.3 Å². The molecule has 2 atom stereocenters. The van der Waals surface area contributed by atoms with Crippen LogP contribution in [0.15, 0.2) is 36.7 Å². The molecule has 2 aromatic rings. The minimum atomic E-state index is -1.65. The van der Waals surface area contributed by atoms with E-state index in [4.69, 9.17) is 0 Å². The molecule has 0 radical (unpaired) electrons. The van der Waals surface area contributed by atoms with Gasteiger partial charge in [-0.1, -0.05) is 0 Å². The predicted molar refractivity (Wildman–Crippen MR) is 92.1 cm³/mol. The minimum Gasteiger partial charge on any atom is -0.345 e. The maximum Gasteiger partial charge on any atom is 0.228 e. The molecule has 0 spiro atoms. The maximum absolute atomic E-state index is 13.6. The lowest BCUT2D eigenvalue weighted by atomic mass is 10.2. The summed E-state index contributed by atoms with van der Waals surface area (Å²) in [7, 11) is 1.66. The van der Waals surface area contributed by atoms with Gasteiger partial charge < -0.3 is 10.2 Å². The van der Waals surface area contributed by atoms with E-state index in [1.54, 1.807) is 24.3 Å². The number of amides is 2. The molecular formula is C19H18F3N3O2. The number of carbonyl (C=O) groups is 2. The number of halogens is 3. The quantitative estimate of drug-likeness (QED) is 0.788. The van der Waals surface area contributed by atoms with Crippen LogP contribution in [0.5, 0.6) is 0 Å². The third-order valence-corrected chi connectivity index (χ3v) is 4.60. The molecule has 5 nitrogen and oxygen atoms in total. The Hall–Kier alpha value is -2.90. The molecule has 1 heterocycles. The SMILES string of the molecule is CN(CCc1ccncc1)C(=O)C1CC1C(=O)Nc1ccc(F)c(F)c1F. The van der Waals surface area contributed by atoms with Gasteiger partial charge in [0.1, 0.15) is 0 Å². The third-order valence-electron chi connectivity index (χ3n) is 4.60. The first-order valence-electron chi connectivity index (χ1n) is 8.46. The van der Waals surface area contributed by atoms with E-state index in [0.717, 1.165) is 17.7 Å². The van der Waals surface area contributed by atoms with Crippen LogP contribution in [-0.2, 0) is 16.0 Å². The van der Waals surface area contributed by atoms with Crippen LogP contribution in [0.25, 0.3) is 0 Å². The number of likely N-dealkylation sites (N-methyl/N-ethyl adjacent to an activating group) is 1. The van der Waals surface area contributed by atoms with Gasteiger partial charge in [-0.05, 0) is 42.7 Å². The van der Waals surface area contributed by atoms with E-state index >= 15 is 0 Å². The van der Waals surface area contributed by atoms with Gasteiger partial charge in [0, 0.05) is 26.0 Å². The fraction of sp³-hybridized carbons (Fsp3) is 0.316. The second-order valence-corrected chi connectivity index (χ2v) is 6.53. The number of hydrogen-bond acceptors (Lipinski definition) is 3. The molecule has 0 bridgehead atoms. The van der Waals surface area contributed by atoms with Gasteiger partial charge in [-0.3, -0.25) is 14.6 Å². The van der Waals surface area contributed by atoms with Crippen LogP contribution in [0.2, 0.25) is 0 Å². The van der Waals surface area contributed by atoms with Crippen LogP contribution < -0.4 is 5.32 Å². The molecule has 27 heavy (non-hydrogen) atoms. The van der Waals surface area contributed by atoms with Crippen molar-refractivity contribution >= 4 is 17.5 Å². The third kappa shape index (κ3) is 4.27. The Morgan fingerprint density at radius 1 is 1.11 bits per heavy atom. The van der Waals surface area contributed by atoms with Crippen molar-refractivity contribution < 1.29 is 22.8 Å². The van der Waals surface area contributed by atoms with Gasteiger partial charge in [-0.25, -0.2) is 13.2 Å². The predicted octanol–water partition coefficient (Wildman–Crippen LogP) is 2.77. The van der Waals surface area contributed by atoms with Crippen LogP contribution in [-0.4, -0.2) is 35.3 Å². The summed E-state index contributed by atoms with van der Waals surface area (Å²) in [6, 6.07) is 5.41. The summed E-state index contributed by atoms with van der Waals surface area (Å²) in [4.78, 5) is 30.1. The highest BCUT2D eigenvalue weighted by Crippen LogP contribution is 2.41. The van der Waals surface area contributed by atoms with Gasteiger partial charge >= 0.3 is 0 Å². The molecular weight excluding hydrogens is 359 g/mol. The van der Waals surface area contributed by atoms with Crippen LogP contribution in [0.1, 0.15) is 12.0 Å². The second kappa shape index (κ2) is 7.77. The zero-order chi connectivity index (χ0) is 19.6. The lowest BCUT2D eigenvalue weighted by Gasteiger charge is -2.17. The summed E-state index contributed by atoms with van der Waals surface area (Å²) >= 11 is 0. The highest BCUT2D eigenvalue weighted by molar-refractivity contribution is 5.99. The molecule has 8 heteroatoms. The summed E-state index contributed by atoms with van der Waals surface area (Å²) in [5.74, 6) is -6.28. The summed E-state index contributed by atoms with van der Waals surface area (Å²) < 4.78 is 39.8. The first-order chi connectivity index (χ1) is 12.9. The fourth-order valence-corrected chi connectivity index (χ4v) is 2.85. The number of nitrogens with one attached hydrogen (secondary N) is 1. The zero-order valence-corrected chi connectivity index (χ0v) is 14.6. The van der Waals surface area contributed by atoms with Crippen molar-refractivity contribution in [3.8, 4) is 0 Å². The van der Waals surface area contributed by atoms with Crippen molar-refractivity contribution in [3.05, 3.63) is 59.7 Å². The van der Waals surface area contributed by atoms with Crippen molar-refractivity contribution in [2.24, 2.45) is 11.8 Å². The molecule has 2 unspecified atom stereocenters. The Kier molecular flexibility index (Phi) is 5.43. The Morgan fingerprint density at radius 3 is 2.52 bits per heavy atom. The molecule has 1 fully saturated rings. The van der Waals surface area contributed by atoms with Crippen molar-refractivity contribution in [3.63, 3.8) is 0 Å². The first-order valence-corrected chi connectivity index (χ1v) is 8.46. The van der Waals surface area contributed by atoms with Gasteiger partial charge in [0.25, 0.3) is 0 Å². The highest BCUT2D eigenvalue weighted by atomic mass is 19.2. The van der Waals surface area contributed by atoms with E-state index in [1.807, 2.05) is 12.1 Å². The van der Waals surface area contributed by atoms with Gasteiger partial charge in [0.2, 0.25) is 11.8 Å². The fourth-order valence-electron chi connectivity index (χ4n) is 2.85. The van der Waals surface area contributed by atoms with Crippen molar-refractivity contribution in [1.82, 2.24) is 9.88 Å². The lowest BCUT2D eigenvalue weighted by molar-refractivity contribution is -0.132. The number of benzene rings is 1. The number of anilines is 1. The maximum atomic E-state index is 13.6. The Balaban J connectivity index is 1.53. The van der Waals surface area contributed by atoms with Crippen LogP contribution in [0.4, 0.5) is 18.9 Å². The molecule has 1 aliphatic rings. The van der Waals surface area contributed by atoms with Gasteiger partial charge in [0.05, 0.1) is 17.5 Å². The average Bonchev–Trinajstić information content (AvgIpc) is 3.47. The number of hydrogen-bond donors (Lipinski definition) is 1. The topological polar surface area (TPSA) is 62.3 Å². The smallest absolute Gasteiger partial charge is 0.228 e. The molecule has 1 saturated carbocycles. The largest absolute Gasteiger partial charge is 0.345 e. The molecule has 3 rings (SSSR count). The van der Waals surface area contributed by atoms with Gasteiger partial charge in [-0.15, -0.1) is 0 Å². The van der Waals surface area contributed by atoms with Gasteiger partial charge in [0.15, 0.2) is 17.5 Å².